The van der Waals surface area contributed by atoms with Crippen LogP contribution in [0.4, 0.5) is 0 Å². The van der Waals surface area contributed by atoms with Gasteiger partial charge in [-0.15, -0.1) is 0 Å². The first-order valence-electron chi connectivity index (χ1n) is 6.90. The second kappa shape index (κ2) is 5.19. The summed E-state index contributed by atoms with van der Waals surface area (Å²) in [5.41, 5.74) is 0.216. The Morgan fingerprint density at radius 3 is 2.45 bits per heavy atom. The van der Waals surface area contributed by atoms with E-state index in [1.54, 1.807) is 31.4 Å². The summed E-state index contributed by atoms with van der Waals surface area (Å²) >= 11 is 0. The van der Waals surface area contributed by atoms with E-state index in [1.807, 2.05) is 13.0 Å². The summed E-state index contributed by atoms with van der Waals surface area (Å²) in [6.45, 7) is 6.18. The molecule has 20 heavy (non-hydrogen) atoms. The molecule has 1 aliphatic rings. The summed E-state index contributed by atoms with van der Waals surface area (Å²) in [4.78, 5) is 12.1. The van der Waals surface area contributed by atoms with Gasteiger partial charge in [-0.3, -0.25) is 4.79 Å². The number of amides is 1. The fourth-order valence-electron chi connectivity index (χ4n) is 2.76. The van der Waals surface area contributed by atoms with Crippen LogP contribution in [0.1, 0.15) is 38.9 Å². The molecule has 0 aromatic heterocycles. The SMILES string of the molecule is COC1(C)CC(NC(=O)C(O)c2ccccc2)C1(C)C. The van der Waals surface area contributed by atoms with E-state index in [-0.39, 0.29) is 23.0 Å². The summed E-state index contributed by atoms with van der Waals surface area (Å²) in [7, 11) is 1.69. The van der Waals surface area contributed by atoms with Crippen LogP contribution in [0.2, 0.25) is 0 Å². The highest BCUT2D eigenvalue weighted by atomic mass is 16.5. The average Bonchev–Trinajstić information content (AvgIpc) is 2.46. The quantitative estimate of drug-likeness (QED) is 0.885. The molecule has 0 spiro atoms. The molecule has 0 saturated heterocycles. The third-order valence-electron chi connectivity index (χ3n) is 4.96. The summed E-state index contributed by atoms with van der Waals surface area (Å²) < 4.78 is 5.53. The van der Waals surface area contributed by atoms with Gasteiger partial charge in [-0.05, 0) is 18.9 Å². The summed E-state index contributed by atoms with van der Waals surface area (Å²) in [5, 5.41) is 13.0. The van der Waals surface area contributed by atoms with Crippen molar-refractivity contribution in [2.24, 2.45) is 5.41 Å². The second-order valence-corrected chi connectivity index (χ2v) is 6.24. The molecule has 1 saturated carbocycles. The highest BCUT2D eigenvalue weighted by Gasteiger charge is 2.58. The van der Waals surface area contributed by atoms with Gasteiger partial charge in [0.05, 0.1) is 5.60 Å². The Labute approximate surface area is 120 Å². The zero-order chi connectivity index (χ0) is 15.0. The molecular formula is C16H23NO3. The van der Waals surface area contributed by atoms with Crippen LogP contribution in [0.3, 0.4) is 0 Å². The number of benzene rings is 1. The van der Waals surface area contributed by atoms with Gasteiger partial charge in [0.25, 0.3) is 5.91 Å². The lowest BCUT2D eigenvalue weighted by Crippen LogP contribution is -2.68. The minimum absolute atomic E-state index is 0.0123. The van der Waals surface area contributed by atoms with E-state index in [9.17, 15) is 9.90 Å². The van der Waals surface area contributed by atoms with E-state index >= 15 is 0 Å². The lowest BCUT2D eigenvalue weighted by molar-refractivity contribution is -0.184. The van der Waals surface area contributed by atoms with Crippen LogP contribution in [-0.4, -0.2) is 29.8 Å². The molecule has 1 aromatic rings. The van der Waals surface area contributed by atoms with Crippen molar-refractivity contribution in [2.45, 2.75) is 44.9 Å². The molecule has 1 aliphatic carbocycles. The number of rotatable bonds is 4. The van der Waals surface area contributed by atoms with Crippen LogP contribution in [-0.2, 0) is 9.53 Å². The first kappa shape index (κ1) is 15.0. The molecule has 4 nitrogen and oxygen atoms in total. The van der Waals surface area contributed by atoms with Crippen molar-refractivity contribution in [3.63, 3.8) is 0 Å². The van der Waals surface area contributed by atoms with E-state index in [0.29, 0.717) is 5.56 Å². The number of aliphatic hydroxyl groups excluding tert-OH is 1. The molecular weight excluding hydrogens is 254 g/mol. The predicted molar refractivity (Wildman–Crippen MR) is 77.1 cm³/mol. The van der Waals surface area contributed by atoms with Crippen LogP contribution >= 0.6 is 0 Å². The molecule has 0 bridgehead atoms. The topological polar surface area (TPSA) is 58.6 Å². The Hall–Kier alpha value is -1.39. The maximum Gasteiger partial charge on any atom is 0.253 e. The molecule has 1 aromatic carbocycles. The van der Waals surface area contributed by atoms with Crippen molar-refractivity contribution < 1.29 is 14.6 Å². The van der Waals surface area contributed by atoms with Gasteiger partial charge in [-0.25, -0.2) is 0 Å². The number of aliphatic hydroxyl groups is 1. The van der Waals surface area contributed by atoms with Crippen molar-refractivity contribution in [3.05, 3.63) is 35.9 Å². The Morgan fingerprint density at radius 1 is 1.35 bits per heavy atom. The van der Waals surface area contributed by atoms with Gasteiger partial charge in [0.2, 0.25) is 0 Å². The van der Waals surface area contributed by atoms with E-state index in [1.165, 1.54) is 0 Å². The lowest BCUT2D eigenvalue weighted by Gasteiger charge is -2.59. The smallest absolute Gasteiger partial charge is 0.253 e. The molecule has 0 radical (unpaired) electrons. The molecule has 0 heterocycles. The molecule has 0 aliphatic heterocycles. The highest BCUT2D eigenvalue weighted by molar-refractivity contribution is 5.82. The summed E-state index contributed by atoms with van der Waals surface area (Å²) in [6.07, 6.45) is -0.370. The number of ether oxygens (including phenoxy) is 1. The Bertz CT molecular complexity index is 486. The van der Waals surface area contributed by atoms with Gasteiger partial charge in [0, 0.05) is 18.6 Å². The van der Waals surface area contributed by atoms with Crippen LogP contribution < -0.4 is 5.32 Å². The standard InChI is InChI=1S/C16H23NO3/c1-15(2)12(10-16(15,3)20-4)17-14(19)13(18)11-8-6-5-7-9-11/h5-9,12-13,18H,10H2,1-4H3,(H,17,19). The fourth-order valence-corrected chi connectivity index (χ4v) is 2.76. The van der Waals surface area contributed by atoms with Crippen molar-refractivity contribution in [2.75, 3.05) is 7.11 Å². The predicted octanol–water partition coefficient (Wildman–Crippen LogP) is 2.04. The van der Waals surface area contributed by atoms with E-state index in [2.05, 4.69) is 19.2 Å². The highest BCUT2D eigenvalue weighted by Crippen LogP contribution is 2.51. The zero-order valence-corrected chi connectivity index (χ0v) is 12.5. The summed E-state index contributed by atoms with van der Waals surface area (Å²) in [5.74, 6) is -0.354. The maximum absolute atomic E-state index is 12.1. The molecule has 3 unspecified atom stereocenters. The minimum atomic E-state index is -1.12. The zero-order valence-electron chi connectivity index (χ0n) is 12.5. The van der Waals surface area contributed by atoms with Crippen LogP contribution in [0.25, 0.3) is 0 Å². The molecule has 2 rings (SSSR count). The molecule has 110 valence electrons. The lowest BCUT2D eigenvalue weighted by atomic mass is 9.56. The minimum Gasteiger partial charge on any atom is -0.378 e. The van der Waals surface area contributed by atoms with E-state index in [0.717, 1.165) is 6.42 Å². The number of methoxy groups -OCH3 is 1. The van der Waals surface area contributed by atoms with Gasteiger partial charge >= 0.3 is 0 Å². The van der Waals surface area contributed by atoms with Crippen LogP contribution in [0, 0.1) is 5.41 Å². The Morgan fingerprint density at radius 2 is 1.95 bits per heavy atom. The van der Waals surface area contributed by atoms with Crippen molar-refractivity contribution in [1.29, 1.82) is 0 Å². The van der Waals surface area contributed by atoms with E-state index in [4.69, 9.17) is 4.74 Å². The summed E-state index contributed by atoms with van der Waals surface area (Å²) in [6, 6.07) is 8.97. The fraction of sp³-hybridized carbons (Fsp3) is 0.562. The normalized spacial score (nSPS) is 29.4. The van der Waals surface area contributed by atoms with Crippen LogP contribution in [0.15, 0.2) is 30.3 Å². The Balaban J connectivity index is 2.00. The number of carbonyl (C=O) groups excluding carboxylic acids is 1. The van der Waals surface area contributed by atoms with E-state index < -0.39 is 6.10 Å². The number of nitrogens with one attached hydrogen (secondary N) is 1. The number of carbonyl (C=O) groups is 1. The van der Waals surface area contributed by atoms with Gasteiger partial charge in [0.15, 0.2) is 6.10 Å². The largest absolute Gasteiger partial charge is 0.378 e. The Kier molecular flexibility index (Phi) is 3.89. The monoisotopic (exact) mass is 277 g/mol. The van der Waals surface area contributed by atoms with Crippen LogP contribution in [0.5, 0.6) is 0 Å². The first-order chi connectivity index (χ1) is 9.32. The molecule has 1 fully saturated rings. The third-order valence-corrected chi connectivity index (χ3v) is 4.96. The van der Waals surface area contributed by atoms with Gasteiger partial charge in [-0.2, -0.15) is 0 Å². The van der Waals surface area contributed by atoms with Crippen molar-refractivity contribution >= 4 is 5.91 Å². The first-order valence-corrected chi connectivity index (χ1v) is 6.90. The maximum atomic E-state index is 12.1. The third kappa shape index (κ3) is 2.34. The number of hydrogen-bond acceptors (Lipinski definition) is 3. The molecule has 2 N–H and O–H groups in total. The number of hydrogen-bond donors (Lipinski definition) is 2. The second-order valence-electron chi connectivity index (χ2n) is 6.24. The van der Waals surface area contributed by atoms with Crippen molar-refractivity contribution in [3.8, 4) is 0 Å². The average molecular weight is 277 g/mol. The van der Waals surface area contributed by atoms with Gasteiger partial charge in [0.1, 0.15) is 0 Å². The molecule has 3 atom stereocenters. The van der Waals surface area contributed by atoms with Gasteiger partial charge < -0.3 is 15.2 Å². The van der Waals surface area contributed by atoms with Crippen molar-refractivity contribution in [1.82, 2.24) is 5.32 Å². The van der Waals surface area contributed by atoms with Gasteiger partial charge in [-0.1, -0.05) is 44.2 Å². The molecule has 4 heteroatoms. The molecule has 1 amide bonds.